The number of carbonyl (C=O) groups excluding carboxylic acids is 2. The fraction of sp³-hybridized carbons (Fsp3) is 0.926. The van der Waals surface area contributed by atoms with E-state index in [1.807, 2.05) is 20.8 Å². The van der Waals surface area contributed by atoms with Crippen molar-refractivity contribution < 1.29 is 19.1 Å². The first-order valence-corrected chi connectivity index (χ1v) is 13.7. The Balaban J connectivity index is 3.47. The van der Waals surface area contributed by atoms with Crippen LogP contribution in [0.5, 0.6) is 0 Å². The number of hydrogen-bond acceptors (Lipinski definition) is 5. The van der Waals surface area contributed by atoms with Crippen LogP contribution in [0.4, 0.5) is 4.79 Å². The minimum absolute atomic E-state index is 0.0190. The highest BCUT2D eigenvalue weighted by Crippen LogP contribution is 2.14. The van der Waals surface area contributed by atoms with E-state index in [9.17, 15) is 9.59 Å². The maximum Gasteiger partial charge on any atom is 0.407 e. The molecule has 0 spiro atoms. The number of unbranched alkanes of at least 4 members (excludes halogenated alkanes) is 9. The average Bonchev–Trinajstić information content (AvgIpc) is 2.74. The highest BCUT2D eigenvalue weighted by Gasteiger charge is 2.15. The molecule has 0 heterocycles. The SMILES string of the molecule is CCCCCCCCC(CC)OC(=O)CCCCCCCNCCCNC(=O)OC(C)(C)C. The second kappa shape index (κ2) is 21.2. The molecule has 0 radical (unpaired) electrons. The van der Waals surface area contributed by atoms with Gasteiger partial charge in [0.05, 0.1) is 0 Å². The van der Waals surface area contributed by atoms with Gasteiger partial charge in [-0.1, -0.05) is 65.2 Å². The number of carbonyl (C=O) groups is 2. The summed E-state index contributed by atoms with van der Waals surface area (Å²) in [6.45, 7) is 12.4. The van der Waals surface area contributed by atoms with E-state index < -0.39 is 5.60 Å². The van der Waals surface area contributed by atoms with Gasteiger partial charge >= 0.3 is 12.1 Å². The van der Waals surface area contributed by atoms with Crippen molar-refractivity contribution in [3.63, 3.8) is 0 Å². The van der Waals surface area contributed by atoms with Crippen LogP contribution in [-0.4, -0.2) is 43.4 Å². The second-order valence-corrected chi connectivity index (χ2v) is 10.1. The van der Waals surface area contributed by atoms with Crippen LogP contribution in [0.3, 0.4) is 0 Å². The van der Waals surface area contributed by atoms with Gasteiger partial charge in [-0.05, 0) is 72.4 Å². The third-order valence-electron chi connectivity index (χ3n) is 5.57. The minimum atomic E-state index is -0.451. The number of ether oxygens (including phenoxy) is 2. The molecule has 196 valence electrons. The van der Waals surface area contributed by atoms with Gasteiger partial charge < -0.3 is 20.1 Å². The largest absolute Gasteiger partial charge is 0.462 e. The normalized spacial score (nSPS) is 12.4. The number of alkyl carbamates (subject to hydrolysis) is 1. The van der Waals surface area contributed by atoms with Gasteiger partial charge in [-0.2, -0.15) is 0 Å². The summed E-state index contributed by atoms with van der Waals surface area (Å²) in [5.74, 6) is -0.0190. The maximum absolute atomic E-state index is 12.1. The Morgan fingerprint density at radius 2 is 1.36 bits per heavy atom. The molecule has 0 aromatic heterocycles. The molecule has 0 saturated carbocycles. The molecule has 0 aromatic carbocycles. The van der Waals surface area contributed by atoms with Crippen molar-refractivity contribution in [3.05, 3.63) is 0 Å². The molecule has 0 saturated heterocycles. The zero-order chi connectivity index (χ0) is 24.8. The molecule has 0 aliphatic heterocycles. The van der Waals surface area contributed by atoms with Crippen LogP contribution in [-0.2, 0) is 14.3 Å². The van der Waals surface area contributed by atoms with Crippen molar-refractivity contribution in [1.82, 2.24) is 10.6 Å². The lowest BCUT2D eigenvalue weighted by Crippen LogP contribution is -2.34. The summed E-state index contributed by atoms with van der Waals surface area (Å²) in [6.07, 6.45) is 16.3. The van der Waals surface area contributed by atoms with E-state index in [1.54, 1.807) is 0 Å². The molecule has 1 amide bonds. The van der Waals surface area contributed by atoms with Crippen molar-refractivity contribution in [1.29, 1.82) is 0 Å². The fourth-order valence-corrected chi connectivity index (χ4v) is 3.64. The first-order valence-electron chi connectivity index (χ1n) is 13.7. The Kier molecular flexibility index (Phi) is 20.4. The van der Waals surface area contributed by atoms with Crippen molar-refractivity contribution in [3.8, 4) is 0 Å². The first-order chi connectivity index (χ1) is 15.8. The third kappa shape index (κ3) is 23.6. The van der Waals surface area contributed by atoms with Crippen LogP contribution < -0.4 is 10.6 Å². The molecule has 33 heavy (non-hydrogen) atoms. The molecule has 1 unspecified atom stereocenters. The summed E-state index contributed by atoms with van der Waals surface area (Å²) in [7, 11) is 0. The Morgan fingerprint density at radius 3 is 2.03 bits per heavy atom. The zero-order valence-corrected chi connectivity index (χ0v) is 22.4. The molecule has 1 atom stereocenters. The fourth-order valence-electron chi connectivity index (χ4n) is 3.64. The van der Waals surface area contributed by atoms with E-state index in [2.05, 4.69) is 24.5 Å². The summed E-state index contributed by atoms with van der Waals surface area (Å²) < 4.78 is 10.9. The van der Waals surface area contributed by atoms with Gasteiger partial charge in [-0.25, -0.2) is 4.79 Å². The average molecular weight is 471 g/mol. The van der Waals surface area contributed by atoms with Crippen LogP contribution >= 0.6 is 0 Å². The Hall–Kier alpha value is -1.30. The molecular formula is C27H54N2O4. The summed E-state index contributed by atoms with van der Waals surface area (Å²) in [5.41, 5.74) is -0.451. The number of nitrogens with one attached hydrogen (secondary N) is 2. The van der Waals surface area contributed by atoms with E-state index >= 15 is 0 Å². The molecular weight excluding hydrogens is 416 g/mol. The van der Waals surface area contributed by atoms with Gasteiger partial charge in [0.2, 0.25) is 0 Å². The molecule has 0 bridgehead atoms. The topological polar surface area (TPSA) is 76.7 Å². The number of amides is 1. The number of rotatable bonds is 21. The monoisotopic (exact) mass is 470 g/mol. The maximum atomic E-state index is 12.1. The number of esters is 1. The van der Waals surface area contributed by atoms with Gasteiger partial charge in [0.1, 0.15) is 11.7 Å². The molecule has 0 aliphatic rings. The zero-order valence-electron chi connectivity index (χ0n) is 22.4. The summed E-state index contributed by atoms with van der Waals surface area (Å²) >= 11 is 0. The smallest absolute Gasteiger partial charge is 0.407 e. The van der Waals surface area contributed by atoms with E-state index in [0.717, 1.165) is 58.0 Å². The van der Waals surface area contributed by atoms with E-state index in [1.165, 1.54) is 44.9 Å². The van der Waals surface area contributed by atoms with Gasteiger partial charge in [-0.15, -0.1) is 0 Å². The standard InChI is InChI=1S/C27H54N2O4/c1-6-8-9-10-12-15-19-24(7-2)32-25(30)20-16-13-11-14-17-21-28-22-18-23-29-26(31)33-27(3,4)5/h24,28H,6-23H2,1-5H3,(H,29,31). The quantitative estimate of drug-likeness (QED) is 0.141. The van der Waals surface area contributed by atoms with Gasteiger partial charge in [0.15, 0.2) is 0 Å². The lowest BCUT2D eigenvalue weighted by molar-refractivity contribution is -0.149. The van der Waals surface area contributed by atoms with Crippen molar-refractivity contribution in [2.24, 2.45) is 0 Å². The molecule has 6 heteroatoms. The summed E-state index contributed by atoms with van der Waals surface area (Å²) in [6, 6.07) is 0. The van der Waals surface area contributed by atoms with E-state index in [0.29, 0.717) is 13.0 Å². The summed E-state index contributed by atoms with van der Waals surface area (Å²) in [5, 5.41) is 6.18. The van der Waals surface area contributed by atoms with Gasteiger partial charge in [0.25, 0.3) is 0 Å². The van der Waals surface area contributed by atoms with Crippen molar-refractivity contribution in [2.45, 2.75) is 143 Å². The molecule has 2 N–H and O–H groups in total. The van der Waals surface area contributed by atoms with Crippen LogP contribution in [0.25, 0.3) is 0 Å². The van der Waals surface area contributed by atoms with Crippen LogP contribution in [0, 0.1) is 0 Å². The van der Waals surface area contributed by atoms with Crippen LogP contribution in [0.1, 0.15) is 131 Å². The lowest BCUT2D eigenvalue weighted by Gasteiger charge is -2.19. The predicted octanol–water partition coefficient (Wildman–Crippen LogP) is 6.90. The molecule has 0 rings (SSSR count). The van der Waals surface area contributed by atoms with Crippen LogP contribution in [0.2, 0.25) is 0 Å². The first kappa shape index (κ1) is 31.7. The molecule has 0 aliphatic carbocycles. The Labute approximate surface area is 204 Å². The Bertz CT molecular complexity index is 477. The Morgan fingerprint density at radius 1 is 0.758 bits per heavy atom. The third-order valence-corrected chi connectivity index (χ3v) is 5.57. The van der Waals surface area contributed by atoms with E-state index in [4.69, 9.17) is 9.47 Å². The van der Waals surface area contributed by atoms with Gasteiger partial charge in [0, 0.05) is 13.0 Å². The minimum Gasteiger partial charge on any atom is -0.462 e. The van der Waals surface area contributed by atoms with Crippen LogP contribution in [0.15, 0.2) is 0 Å². The lowest BCUT2D eigenvalue weighted by atomic mass is 10.1. The van der Waals surface area contributed by atoms with Gasteiger partial charge in [-0.3, -0.25) is 4.79 Å². The molecule has 0 fully saturated rings. The number of hydrogen-bond donors (Lipinski definition) is 2. The molecule has 0 aromatic rings. The predicted molar refractivity (Wildman–Crippen MR) is 138 cm³/mol. The summed E-state index contributed by atoms with van der Waals surface area (Å²) in [4.78, 5) is 23.6. The highest BCUT2D eigenvalue weighted by atomic mass is 16.6. The molecule has 6 nitrogen and oxygen atoms in total. The van der Waals surface area contributed by atoms with Crippen molar-refractivity contribution in [2.75, 3.05) is 19.6 Å². The van der Waals surface area contributed by atoms with E-state index in [-0.39, 0.29) is 18.2 Å². The highest BCUT2D eigenvalue weighted by molar-refractivity contribution is 5.69. The second-order valence-electron chi connectivity index (χ2n) is 10.1. The van der Waals surface area contributed by atoms with Crippen molar-refractivity contribution >= 4 is 12.1 Å².